The Morgan fingerprint density at radius 2 is 1.00 bits per heavy atom. The minimum absolute atomic E-state index is 0.595. The van der Waals surface area contributed by atoms with E-state index in [0.717, 1.165) is 60.9 Å². The summed E-state index contributed by atoms with van der Waals surface area (Å²) >= 11 is 1.84. The summed E-state index contributed by atoms with van der Waals surface area (Å²) in [4.78, 5) is 20.1. The summed E-state index contributed by atoms with van der Waals surface area (Å²) in [6, 6.07) is 61.7. The number of aromatic nitrogens is 5. The lowest BCUT2D eigenvalue weighted by molar-refractivity contribution is 1.06. The molecule has 0 bridgehead atoms. The highest BCUT2D eigenvalue weighted by atomic mass is 32.1. The van der Waals surface area contributed by atoms with E-state index in [2.05, 4.69) is 161 Å². The van der Waals surface area contributed by atoms with Gasteiger partial charge in [0.15, 0.2) is 17.5 Å². The van der Waals surface area contributed by atoms with Crippen molar-refractivity contribution in [3.05, 3.63) is 188 Å². The Bertz CT molecular complexity index is 3190. The quantitative estimate of drug-likeness (QED) is 0.171. The number of nitrogens with zero attached hydrogens (tertiary/aromatic N) is 5. The molecule has 11 aromatic rings. The van der Waals surface area contributed by atoms with Crippen molar-refractivity contribution in [2.75, 3.05) is 0 Å². The van der Waals surface area contributed by atoms with Gasteiger partial charge in [-0.15, -0.1) is 11.3 Å². The zero-order valence-corrected chi connectivity index (χ0v) is 30.9. The molecule has 6 heteroatoms. The third kappa shape index (κ3) is 5.38. The first-order valence-electron chi connectivity index (χ1n) is 18.6. The summed E-state index contributed by atoms with van der Waals surface area (Å²) in [5.41, 5.74) is 10.4. The van der Waals surface area contributed by atoms with E-state index in [1.807, 2.05) is 48.0 Å². The van der Waals surface area contributed by atoms with Gasteiger partial charge in [-0.1, -0.05) is 146 Å². The molecule has 0 aliphatic heterocycles. The summed E-state index contributed by atoms with van der Waals surface area (Å²) in [6.07, 6.45) is 3.81. The molecule has 56 heavy (non-hydrogen) atoms. The van der Waals surface area contributed by atoms with Crippen LogP contribution in [-0.4, -0.2) is 24.5 Å². The van der Waals surface area contributed by atoms with E-state index in [0.29, 0.717) is 17.5 Å². The molecule has 262 valence electrons. The average Bonchev–Trinajstić information content (AvgIpc) is 3.83. The highest BCUT2D eigenvalue weighted by Crippen LogP contribution is 2.41. The molecule has 11 rings (SSSR count). The van der Waals surface area contributed by atoms with Gasteiger partial charge in [-0.05, 0) is 52.6 Å². The van der Waals surface area contributed by atoms with Crippen molar-refractivity contribution in [1.82, 2.24) is 24.5 Å². The second-order valence-corrected chi connectivity index (χ2v) is 14.9. The Hall–Kier alpha value is -7.28. The van der Waals surface area contributed by atoms with Crippen molar-refractivity contribution in [3.8, 4) is 62.1 Å². The van der Waals surface area contributed by atoms with Gasteiger partial charge in [0.25, 0.3) is 0 Å². The SMILES string of the molecule is c1ccc(-c2ccc(-c3nc(-c4ccccc4)nc(-c4ccc(-c5cccc6c5sc5ccccc56)cc4)n3)c(-n3c4ccccc4c4ccncc43)c2)cc1. The first-order valence-corrected chi connectivity index (χ1v) is 19.4. The van der Waals surface area contributed by atoms with Crippen LogP contribution in [0.2, 0.25) is 0 Å². The van der Waals surface area contributed by atoms with Gasteiger partial charge in [0.05, 0.1) is 22.9 Å². The van der Waals surface area contributed by atoms with E-state index >= 15 is 0 Å². The molecular formula is C50H31N5S. The summed E-state index contributed by atoms with van der Waals surface area (Å²) in [7, 11) is 0. The Balaban J connectivity index is 1.11. The smallest absolute Gasteiger partial charge is 0.166 e. The van der Waals surface area contributed by atoms with E-state index in [1.54, 1.807) is 0 Å². The third-order valence-electron chi connectivity index (χ3n) is 10.6. The van der Waals surface area contributed by atoms with E-state index in [1.165, 1.54) is 25.7 Å². The molecule has 0 atom stereocenters. The maximum Gasteiger partial charge on any atom is 0.166 e. The van der Waals surface area contributed by atoms with Gasteiger partial charge in [-0.2, -0.15) is 0 Å². The number of pyridine rings is 1. The van der Waals surface area contributed by atoms with Crippen LogP contribution in [0.25, 0.3) is 104 Å². The van der Waals surface area contributed by atoms with Gasteiger partial charge in [0.1, 0.15) is 0 Å². The highest BCUT2D eigenvalue weighted by molar-refractivity contribution is 7.26. The fourth-order valence-corrected chi connectivity index (χ4v) is 9.15. The molecule has 7 aromatic carbocycles. The maximum atomic E-state index is 5.26. The zero-order valence-electron chi connectivity index (χ0n) is 30.0. The number of hydrogen-bond acceptors (Lipinski definition) is 5. The van der Waals surface area contributed by atoms with Gasteiger partial charge >= 0.3 is 0 Å². The number of rotatable bonds is 6. The lowest BCUT2D eigenvalue weighted by atomic mass is 10.0. The highest BCUT2D eigenvalue weighted by Gasteiger charge is 2.21. The molecule has 0 saturated heterocycles. The zero-order chi connectivity index (χ0) is 37.0. The van der Waals surface area contributed by atoms with E-state index in [-0.39, 0.29) is 0 Å². The lowest BCUT2D eigenvalue weighted by Gasteiger charge is -2.16. The minimum atomic E-state index is 0.595. The van der Waals surface area contributed by atoms with Crippen LogP contribution in [0.4, 0.5) is 0 Å². The molecule has 0 unspecified atom stereocenters. The van der Waals surface area contributed by atoms with Crippen molar-refractivity contribution >= 4 is 53.3 Å². The molecule has 0 aliphatic carbocycles. The topological polar surface area (TPSA) is 56.5 Å². The number of para-hydroxylation sites is 1. The summed E-state index contributed by atoms with van der Waals surface area (Å²) < 4.78 is 4.89. The third-order valence-corrected chi connectivity index (χ3v) is 11.8. The molecular weight excluding hydrogens is 703 g/mol. The Kier molecular flexibility index (Phi) is 7.60. The van der Waals surface area contributed by atoms with Crippen molar-refractivity contribution < 1.29 is 0 Å². The summed E-state index contributed by atoms with van der Waals surface area (Å²) in [5.74, 6) is 1.83. The molecule has 0 N–H and O–H groups in total. The van der Waals surface area contributed by atoms with Gasteiger partial charge in [0, 0.05) is 53.8 Å². The van der Waals surface area contributed by atoms with E-state index in [4.69, 9.17) is 15.0 Å². The normalized spacial score (nSPS) is 11.6. The summed E-state index contributed by atoms with van der Waals surface area (Å²) in [6.45, 7) is 0. The largest absolute Gasteiger partial charge is 0.307 e. The number of fused-ring (bicyclic) bond motifs is 6. The number of hydrogen-bond donors (Lipinski definition) is 0. The first-order chi connectivity index (χ1) is 27.8. The van der Waals surface area contributed by atoms with Crippen molar-refractivity contribution in [2.45, 2.75) is 0 Å². The molecule has 0 aliphatic rings. The van der Waals surface area contributed by atoms with Crippen LogP contribution in [0.1, 0.15) is 0 Å². The predicted octanol–water partition coefficient (Wildman–Crippen LogP) is 13.1. The van der Waals surface area contributed by atoms with Gasteiger partial charge in [0.2, 0.25) is 0 Å². The van der Waals surface area contributed by atoms with Crippen molar-refractivity contribution in [1.29, 1.82) is 0 Å². The monoisotopic (exact) mass is 733 g/mol. The Morgan fingerprint density at radius 1 is 0.393 bits per heavy atom. The van der Waals surface area contributed by atoms with Gasteiger partial charge in [-0.25, -0.2) is 15.0 Å². The lowest BCUT2D eigenvalue weighted by Crippen LogP contribution is -2.04. The van der Waals surface area contributed by atoms with E-state index in [9.17, 15) is 0 Å². The molecule has 4 aromatic heterocycles. The number of thiophene rings is 1. The fraction of sp³-hybridized carbons (Fsp3) is 0. The van der Waals surface area contributed by atoms with Crippen LogP contribution in [-0.2, 0) is 0 Å². The van der Waals surface area contributed by atoms with E-state index < -0.39 is 0 Å². The predicted molar refractivity (Wildman–Crippen MR) is 232 cm³/mol. The average molecular weight is 734 g/mol. The second kappa shape index (κ2) is 13.2. The summed E-state index contributed by atoms with van der Waals surface area (Å²) in [5, 5.41) is 4.88. The van der Waals surface area contributed by atoms with Crippen LogP contribution in [0.3, 0.4) is 0 Å². The minimum Gasteiger partial charge on any atom is -0.307 e. The van der Waals surface area contributed by atoms with Crippen LogP contribution >= 0.6 is 11.3 Å². The van der Waals surface area contributed by atoms with Crippen molar-refractivity contribution in [3.63, 3.8) is 0 Å². The van der Waals surface area contributed by atoms with Crippen LogP contribution in [0.5, 0.6) is 0 Å². The Labute approximate surface area is 326 Å². The standard InChI is InChI=1S/C50H31N5S/c1-3-12-32(13-4-1)36-26-27-42(44(30-36)55-43-20-9-7-16-38(43)39-28-29-51-31-45(39)55)50-53-48(34-14-5-2-6-15-34)52-49(54-50)35-24-22-33(23-25-35)37-18-11-19-41-40-17-8-10-21-46(40)56-47(37)41/h1-31H. The fourth-order valence-electron chi connectivity index (χ4n) is 7.91. The molecule has 4 heterocycles. The molecule has 0 saturated carbocycles. The van der Waals surface area contributed by atoms with Gasteiger partial charge in [-0.3, -0.25) is 4.98 Å². The maximum absolute atomic E-state index is 5.26. The molecule has 0 radical (unpaired) electrons. The molecule has 0 amide bonds. The molecule has 5 nitrogen and oxygen atoms in total. The number of benzene rings is 7. The molecule has 0 fully saturated rings. The van der Waals surface area contributed by atoms with Crippen LogP contribution < -0.4 is 0 Å². The molecule has 0 spiro atoms. The van der Waals surface area contributed by atoms with Crippen molar-refractivity contribution in [2.24, 2.45) is 0 Å². The first kappa shape index (κ1) is 32.2. The van der Waals surface area contributed by atoms with Gasteiger partial charge < -0.3 is 4.57 Å². The second-order valence-electron chi connectivity index (χ2n) is 13.9. The van der Waals surface area contributed by atoms with Crippen LogP contribution in [0, 0.1) is 0 Å². The Morgan fingerprint density at radius 3 is 1.80 bits per heavy atom. The van der Waals surface area contributed by atoms with Crippen LogP contribution in [0.15, 0.2) is 188 Å².